The van der Waals surface area contributed by atoms with Gasteiger partial charge < -0.3 is 10.3 Å². The minimum Gasteiger partial charge on any atom is -0.349 e. The lowest BCUT2D eigenvalue weighted by atomic mass is 10.4. The lowest BCUT2D eigenvalue weighted by Crippen LogP contribution is -2.24. The Balaban J connectivity index is 2.98. The molecule has 0 unspecified atom stereocenters. The molecule has 0 radical (unpaired) electrons. The van der Waals surface area contributed by atoms with Gasteiger partial charge in [-0.15, -0.1) is 0 Å². The quantitative estimate of drug-likeness (QED) is 0.768. The van der Waals surface area contributed by atoms with Crippen LogP contribution >= 0.6 is 0 Å². The molecule has 5 nitrogen and oxygen atoms in total. The molecule has 0 spiro atoms. The molecule has 3 N–H and O–H groups in total. The molecule has 0 saturated carbocycles. The average Bonchev–Trinajstić information content (AvgIpc) is 2.71. The van der Waals surface area contributed by atoms with Crippen molar-refractivity contribution in [2.75, 3.05) is 6.54 Å². The normalized spacial score (nSPS) is 11.9. The van der Waals surface area contributed by atoms with Gasteiger partial charge in [-0.2, -0.15) is 0 Å². The van der Waals surface area contributed by atoms with Crippen molar-refractivity contribution in [3.05, 3.63) is 18.0 Å². The summed E-state index contributed by atoms with van der Waals surface area (Å²) >= 11 is 0. The lowest BCUT2D eigenvalue weighted by Gasteiger charge is -2.04. The van der Waals surface area contributed by atoms with Crippen LogP contribution in [0.3, 0.4) is 0 Å². The van der Waals surface area contributed by atoms with Crippen LogP contribution in [0.2, 0.25) is 0 Å². The summed E-state index contributed by atoms with van der Waals surface area (Å²) in [5.74, 6) is 0. The largest absolute Gasteiger partial charge is 0.349 e. The van der Waals surface area contributed by atoms with E-state index in [4.69, 9.17) is 5.73 Å². The first-order valence-electron chi connectivity index (χ1n) is 5.94. The SMILES string of the molecule is CCCNS(=O)(=O)c1cc(CN)n(CCC)c1. The molecule has 0 aromatic carbocycles. The topological polar surface area (TPSA) is 77.1 Å². The van der Waals surface area contributed by atoms with Crippen molar-refractivity contribution in [2.45, 2.75) is 44.7 Å². The number of rotatable bonds is 7. The molecule has 0 fully saturated rings. The van der Waals surface area contributed by atoms with Crippen LogP contribution in [0.15, 0.2) is 17.2 Å². The first-order chi connectivity index (χ1) is 8.05. The maximum absolute atomic E-state index is 11.9. The second-order valence-corrected chi connectivity index (χ2v) is 5.73. The second kappa shape index (κ2) is 6.18. The first kappa shape index (κ1) is 14.2. The zero-order chi connectivity index (χ0) is 12.9. The number of hydrogen-bond acceptors (Lipinski definition) is 3. The summed E-state index contributed by atoms with van der Waals surface area (Å²) in [5.41, 5.74) is 6.45. The van der Waals surface area contributed by atoms with E-state index in [1.54, 1.807) is 12.3 Å². The molecule has 1 rings (SSSR count). The number of aromatic nitrogens is 1. The van der Waals surface area contributed by atoms with Crippen LogP contribution in [0.4, 0.5) is 0 Å². The molecule has 98 valence electrons. The van der Waals surface area contributed by atoms with Crippen molar-refractivity contribution in [1.82, 2.24) is 9.29 Å². The van der Waals surface area contributed by atoms with Gasteiger partial charge in [0.1, 0.15) is 0 Å². The number of sulfonamides is 1. The van der Waals surface area contributed by atoms with Crippen LogP contribution in [-0.2, 0) is 23.1 Å². The maximum atomic E-state index is 11.9. The Morgan fingerprint density at radius 2 is 2.06 bits per heavy atom. The van der Waals surface area contributed by atoms with Gasteiger partial charge in [-0.1, -0.05) is 13.8 Å². The Kier molecular flexibility index (Phi) is 5.17. The molecule has 0 bridgehead atoms. The number of nitrogens with zero attached hydrogens (tertiary/aromatic N) is 1. The molecular weight excluding hydrogens is 238 g/mol. The number of nitrogens with one attached hydrogen (secondary N) is 1. The molecule has 6 heteroatoms. The molecule has 0 amide bonds. The van der Waals surface area contributed by atoms with Crippen LogP contribution in [0, 0.1) is 0 Å². The highest BCUT2D eigenvalue weighted by Crippen LogP contribution is 2.14. The summed E-state index contributed by atoms with van der Waals surface area (Å²) in [6.07, 6.45) is 3.38. The summed E-state index contributed by atoms with van der Waals surface area (Å²) in [5, 5.41) is 0. The van der Waals surface area contributed by atoms with E-state index in [0.717, 1.165) is 25.1 Å². The summed E-state index contributed by atoms with van der Waals surface area (Å²) in [6, 6.07) is 1.65. The highest BCUT2D eigenvalue weighted by Gasteiger charge is 2.16. The predicted molar refractivity (Wildman–Crippen MR) is 68.1 cm³/mol. The van der Waals surface area contributed by atoms with E-state index in [2.05, 4.69) is 4.72 Å². The molecule has 0 atom stereocenters. The summed E-state index contributed by atoms with van der Waals surface area (Å²) in [6.45, 7) is 5.57. The summed E-state index contributed by atoms with van der Waals surface area (Å²) < 4.78 is 28.3. The zero-order valence-corrected chi connectivity index (χ0v) is 11.3. The Labute approximate surface area is 103 Å². The van der Waals surface area contributed by atoms with E-state index in [0.29, 0.717) is 18.0 Å². The van der Waals surface area contributed by atoms with Gasteiger partial charge in [0.2, 0.25) is 10.0 Å². The van der Waals surface area contributed by atoms with Gasteiger partial charge in [0, 0.05) is 31.5 Å². The standard InChI is InChI=1S/C11H21N3O2S/c1-3-5-13-17(15,16)11-7-10(8-12)14(9-11)6-4-2/h7,9,13H,3-6,8,12H2,1-2H3. The average molecular weight is 259 g/mol. The fourth-order valence-electron chi connectivity index (χ4n) is 1.61. The molecule has 17 heavy (non-hydrogen) atoms. The van der Waals surface area contributed by atoms with Crippen LogP contribution in [-0.4, -0.2) is 19.5 Å². The molecular formula is C11H21N3O2S. The monoisotopic (exact) mass is 259 g/mol. The van der Waals surface area contributed by atoms with E-state index in [1.807, 2.05) is 18.4 Å². The Bertz CT molecular complexity index is 451. The van der Waals surface area contributed by atoms with Crippen molar-refractivity contribution in [2.24, 2.45) is 5.73 Å². The van der Waals surface area contributed by atoms with E-state index >= 15 is 0 Å². The third-order valence-corrected chi connectivity index (χ3v) is 3.91. The Morgan fingerprint density at radius 1 is 1.35 bits per heavy atom. The summed E-state index contributed by atoms with van der Waals surface area (Å²) in [7, 11) is -3.38. The molecule has 1 aromatic rings. The number of aryl methyl sites for hydroxylation is 1. The Morgan fingerprint density at radius 3 is 2.59 bits per heavy atom. The van der Waals surface area contributed by atoms with Gasteiger partial charge in [0.15, 0.2) is 0 Å². The van der Waals surface area contributed by atoms with Crippen molar-refractivity contribution < 1.29 is 8.42 Å². The zero-order valence-electron chi connectivity index (χ0n) is 10.4. The van der Waals surface area contributed by atoms with Gasteiger partial charge in [0.25, 0.3) is 0 Å². The van der Waals surface area contributed by atoms with Gasteiger partial charge >= 0.3 is 0 Å². The molecule has 0 aliphatic heterocycles. The van der Waals surface area contributed by atoms with Gasteiger partial charge in [-0.25, -0.2) is 13.1 Å². The van der Waals surface area contributed by atoms with Gasteiger partial charge in [0.05, 0.1) is 4.90 Å². The molecule has 1 heterocycles. The van der Waals surface area contributed by atoms with Crippen molar-refractivity contribution in [3.63, 3.8) is 0 Å². The van der Waals surface area contributed by atoms with Crippen molar-refractivity contribution in [3.8, 4) is 0 Å². The van der Waals surface area contributed by atoms with Crippen LogP contribution in [0.25, 0.3) is 0 Å². The highest BCUT2D eigenvalue weighted by atomic mass is 32.2. The number of hydrogen-bond donors (Lipinski definition) is 2. The maximum Gasteiger partial charge on any atom is 0.242 e. The minimum absolute atomic E-state index is 0.305. The van der Waals surface area contributed by atoms with E-state index in [9.17, 15) is 8.42 Å². The van der Waals surface area contributed by atoms with E-state index in [-0.39, 0.29) is 0 Å². The molecule has 0 aliphatic rings. The fourth-order valence-corrected chi connectivity index (χ4v) is 2.81. The van der Waals surface area contributed by atoms with E-state index in [1.165, 1.54) is 0 Å². The molecule has 1 aromatic heterocycles. The number of nitrogens with two attached hydrogens (primary N) is 1. The Hall–Kier alpha value is -0.850. The molecule has 0 saturated heterocycles. The predicted octanol–water partition coefficient (Wildman–Crippen LogP) is 1.05. The van der Waals surface area contributed by atoms with Crippen molar-refractivity contribution >= 4 is 10.0 Å². The van der Waals surface area contributed by atoms with Crippen LogP contribution in [0.1, 0.15) is 32.4 Å². The van der Waals surface area contributed by atoms with Gasteiger partial charge in [-0.05, 0) is 18.9 Å². The smallest absolute Gasteiger partial charge is 0.242 e. The minimum atomic E-state index is -3.38. The third kappa shape index (κ3) is 3.55. The van der Waals surface area contributed by atoms with Gasteiger partial charge in [-0.3, -0.25) is 0 Å². The van der Waals surface area contributed by atoms with Crippen LogP contribution < -0.4 is 10.5 Å². The fraction of sp³-hybridized carbons (Fsp3) is 0.636. The van der Waals surface area contributed by atoms with E-state index < -0.39 is 10.0 Å². The first-order valence-corrected chi connectivity index (χ1v) is 7.42. The van der Waals surface area contributed by atoms with Crippen LogP contribution in [0.5, 0.6) is 0 Å². The second-order valence-electron chi connectivity index (χ2n) is 3.96. The lowest BCUT2D eigenvalue weighted by molar-refractivity contribution is 0.580. The summed E-state index contributed by atoms with van der Waals surface area (Å²) in [4.78, 5) is 0.305. The third-order valence-electron chi connectivity index (χ3n) is 2.49. The van der Waals surface area contributed by atoms with Crippen molar-refractivity contribution in [1.29, 1.82) is 0 Å². The highest BCUT2D eigenvalue weighted by molar-refractivity contribution is 7.89. The molecule has 0 aliphatic carbocycles.